The van der Waals surface area contributed by atoms with Crippen LogP contribution in [-0.2, 0) is 7.05 Å². The van der Waals surface area contributed by atoms with Crippen LogP contribution in [0.15, 0.2) is 28.9 Å². The molecule has 5 heteroatoms. The van der Waals surface area contributed by atoms with Crippen molar-refractivity contribution in [3.05, 3.63) is 34.7 Å². The van der Waals surface area contributed by atoms with Crippen molar-refractivity contribution < 1.29 is 4.39 Å². The van der Waals surface area contributed by atoms with Gasteiger partial charge >= 0.3 is 0 Å². The Kier molecular flexibility index (Phi) is 2.48. The Labute approximate surface area is 94.8 Å². The van der Waals surface area contributed by atoms with E-state index in [-0.39, 0.29) is 5.82 Å². The molecule has 15 heavy (non-hydrogen) atoms. The normalized spacial score (nSPS) is 10.6. The minimum absolute atomic E-state index is 0.320. The van der Waals surface area contributed by atoms with Gasteiger partial charge in [0.25, 0.3) is 0 Å². The molecule has 0 bridgehead atoms. The number of nitrogens with two attached hydrogens (primary N) is 1. The Morgan fingerprint density at radius 3 is 2.73 bits per heavy atom. The van der Waals surface area contributed by atoms with Gasteiger partial charge in [-0.15, -0.1) is 0 Å². The van der Waals surface area contributed by atoms with Crippen LogP contribution < -0.4 is 5.73 Å². The van der Waals surface area contributed by atoms with Gasteiger partial charge in [0.2, 0.25) is 0 Å². The second-order valence-corrected chi connectivity index (χ2v) is 4.02. The summed E-state index contributed by atoms with van der Waals surface area (Å²) in [4.78, 5) is 0. The van der Waals surface area contributed by atoms with Gasteiger partial charge in [-0.1, -0.05) is 6.07 Å². The van der Waals surface area contributed by atoms with E-state index in [4.69, 9.17) is 5.73 Å². The number of halogens is 2. The van der Waals surface area contributed by atoms with Crippen LogP contribution in [0.25, 0.3) is 11.3 Å². The Bertz CT molecular complexity index is 468. The SMILES string of the molecule is Cn1ncc(N)c1-c1c(F)cccc1Br. The zero-order chi connectivity index (χ0) is 11.0. The average Bonchev–Trinajstić information content (AvgIpc) is 2.49. The second kappa shape index (κ2) is 3.66. The van der Waals surface area contributed by atoms with Gasteiger partial charge in [0.1, 0.15) is 5.82 Å². The predicted molar refractivity (Wildman–Crippen MR) is 60.7 cm³/mol. The molecule has 0 aliphatic rings. The summed E-state index contributed by atoms with van der Waals surface area (Å²) in [5.41, 5.74) is 7.22. The van der Waals surface area contributed by atoms with Crippen molar-refractivity contribution in [2.75, 3.05) is 5.73 Å². The molecule has 0 fully saturated rings. The minimum atomic E-state index is -0.320. The summed E-state index contributed by atoms with van der Waals surface area (Å²) in [6, 6.07) is 4.80. The van der Waals surface area contributed by atoms with E-state index in [0.29, 0.717) is 21.4 Å². The minimum Gasteiger partial charge on any atom is -0.396 e. The van der Waals surface area contributed by atoms with Crippen molar-refractivity contribution in [1.82, 2.24) is 9.78 Å². The summed E-state index contributed by atoms with van der Waals surface area (Å²) in [6.45, 7) is 0. The van der Waals surface area contributed by atoms with Crippen LogP contribution in [0.5, 0.6) is 0 Å². The number of rotatable bonds is 1. The van der Waals surface area contributed by atoms with Gasteiger partial charge in [-0.25, -0.2) is 4.39 Å². The van der Waals surface area contributed by atoms with Crippen molar-refractivity contribution >= 4 is 21.6 Å². The molecular weight excluding hydrogens is 261 g/mol. The molecule has 0 radical (unpaired) electrons. The van der Waals surface area contributed by atoms with Gasteiger partial charge in [0.15, 0.2) is 0 Å². The number of hydrogen-bond donors (Lipinski definition) is 1. The third-order valence-corrected chi connectivity index (χ3v) is 2.83. The first-order chi connectivity index (χ1) is 7.11. The van der Waals surface area contributed by atoms with Gasteiger partial charge in [-0.3, -0.25) is 4.68 Å². The zero-order valence-electron chi connectivity index (χ0n) is 8.04. The van der Waals surface area contributed by atoms with Gasteiger partial charge < -0.3 is 5.73 Å². The predicted octanol–water partition coefficient (Wildman–Crippen LogP) is 2.57. The maximum atomic E-state index is 13.6. The lowest BCUT2D eigenvalue weighted by Gasteiger charge is -2.07. The standard InChI is InChI=1S/C10H9BrFN3/c1-15-10(8(13)5-14-15)9-6(11)3-2-4-7(9)12/h2-5H,13H2,1H3. The molecule has 0 unspecified atom stereocenters. The maximum Gasteiger partial charge on any atom is 0.133 e. The van der Waals surface area contributed by atoms with E-state index >= 15 is 0 Å². The van der Waals surface area contributed by atoms with Crippen LogP contribution in [-0.4, -0.2) is 9.78 Å². The number of hydrogen-bond acceptors (Lipinski definition) is 2. The largest absolute Gasteiger partial charge is 0.396 e. The van der Waals surface area contributed by atoms with Crippen molar-refractivity contribution in [2.45, 2.75) is 0 Å². The van der Waals surface area contributed by atoms with Gasteiger partial charge in [-0.2, -0.15) is 5.10 Å². The highest BCUT2D eigenvalue weighted by molar-refractivity contribution is 9.10. The summed E-state index contributed by atoms with van der Waals surface area (Å²) in [5, 5.41) is 3.98. The quantitative estimate of drug-likeness (QED) is 0.865. The van der Waals surface area contributed by atoms with E-state index in [0.717, 1.165) is 0 Å². The van der Waals surface area contributed by atoms with Crippen LogP contribution in [0.4, 0.5) is 10.1 Å². The van der Waals surface area contributed by atoms with Crippen LogP contribution in [0, 0.1) is 5.82 Å². The molecule has 3 nitrogen and oxygen atoms in total. The summed E-state index contributed by atoms with van der Waals surface area (Å²) in [7, 11) is 1.73. The highest BCUT2D eigenvalue weighted by atomic mass is 79.9. The maximum absolute atomic E-state index is 13.6. The molecule has 0 spiro atoms. The van der Waals surface area contributed by atoms with E-state index in [1.165, 1.54) is 12.3 Å². The molecular formula is C10H9BrFN3. The van der Waals surface area contributed by atoms with Gasteiger partial charge in [-0.05, 0) is 28.1 Å². The Morgan fingerprint density at radius 2 is 2.20 bits per heavy atom. The Hall–Kier alpha value is -1.36. The molecule has 78 valence electrons. The van der Waals surface area contributed by atoms with E-state index in [9.17, 15) is 4.39 Å². The van der Waals surface area contributed by atoms with Crippen LogP contribution in [0.2, 0.25) is 0 Å². The molecule has 0 amide bonds. The van der Waals surface area contributed by atoms with Crippen molar-refractivity contribution in [3.8, 4) is 11.3 Å². The van der Waals surface area contributed by atoms with Crippen LogP contribution >= 0.6 is 15.9 Å². The Morgan fingerprint density at radius 1 is 1.47 bits per heavy atom. The molecule has 0 aliphatic heterocycles. The average molecular weight is 270 g/mol. The van der Waals surface area contributed by atoms with Crippen LogP contribution in [0.3, 0.4) is 0 Å². The fourth-order valence-corrected chi connectivity index (χ4v) is 2.01. The number of aryl methyl sites for hydroxylation is 1. The molecule has 0 saturated carbocycles. The van der Waals surface area contributed by atoms with E-state index in [2.05, 4.69) is 21.0 Å². The topological polar surface area (TPSA) is 43.8 Å². The lowest BCUT2D eigenvalue weighted by Crippen LogP contribution is -1.98. The molecule has 0 atom stereocenters. The van der Waals surface area contributed by atoms with Gasteiger partial charge in [0.05, 0.1) is 23.1 Å². The molecule has 2 aromatic rings. The molecule has 2 rings (SSSR count). The van der Waals surface area contributed by atoms with Gasteiger partial charge in [0, 0.05) is 11.5 Å². The lowest BCUT2D eigenvalue weighted by atomic mass is 10.1. The summed E-state index contributed by atoms with van der Waals surface area (Å²) < 4.78 is 15.9. The van der Waals surface area contributed by atoms with E-state index in [1.54, 1.807) is 23.9 Å². The van der Waals surface area contributed by atoms with Crippen molar-refractivity contribution in [2.24, 2.45) is 7.05 Å². The number of benzene rings is 1. The summed E-state index contributed by atoms with van der Waals surface area (Å²) >= 11 is 3.30. The third-order valence-electron chi connectivity index (χ3n) is 2.17. The van der Waals surface area contributed by atoms with Crippen LogP contribution in [0.1, 0.15) is 0 Å². The molecule has 1 aromatic heterocycles. The number of aromatic nitrogens is 2. The highest BCUT2D eigenvalue weighted by Crippen LogP contribution is 2.33. The molecule has 0 aliphatic carbocycles. The first-order valence-corrected chi connectivity index (χ1v) is 5.12. The van der Waals surface area contributed by atoms with Crippen molar-refractivity contribution in [1.29, 1.82) is 0 Å². The van der Waals surface area contributed by atoms with E-state index < -0.39 is 0 Å². The molecule has 1 heterocycles. The number of nitrogens with zero attached hydrogens (tertiary/aromatic N) is 2. The Balaban J connectivity index is 2.74. The monoisotopic (exact) mass is 269 g/mol. The first kappa shape index (κ1) is 10.2. The summed E-state index contributed by atoms with van der Waals surface area (Å²) in [6.07, 6.45) is 1.51. The molecule has 1 aromatic carbocycles. The fraction of sp³-hybridized carbons (Fsp3) is 0.100. The highest BCUT2D eigenvalue weighted by Gasteiger charge is 2.15. The number of anilines is 1. The van der Waals surface area contributed by atoms with E-state index in [1.807, 2.05) is 0 Å². The number of nitrogen functional groups attached to an aromatic ring is 1. The second-order valence-electron chi connectivity index (χ2n) is 3.17. The third kappa shape index (κ3) is 1.63. The van der Waals surface area contributed by atoms with Crippen molar-refractivity contribution in [3.63, 3.8) is 0 Å². The first-order valence-electron chi connectivity index (χ1n) is 4.33. The lowest BCUT2D eigenvalue weighted by molar-refractivity contribution is 0.627. The summed E-state index contributed by atoms with van der Waals surface area (Å²) in [5.74, 6) is -0.320. The smallest absolute Gasteiger partial charge is 0.133 e. The zero-order valence-corrected chi connectivity index (χ0v) is 9.62. The fourth-order valence-electron chi connectivity index (χ4n) is 1.48. The molecule has 2 N–H and O–H groups in total. The molecule has 0 saturated heterocycles.